The Bertz CT molecular complexity index is 1080. The quantitative estimate of drug-likeness (QED) is 0.607. The van der Waals surface area contributed by atoms with E-state index in [4.69, 9.17) is 16.3 Å². The number of carbonyl (C=O) groups excluding carboxylic acids is 1. The van der Waals surface area contributed by atoms with Crippen LogP contribution in [0.5, 0.6) is 5.88 Å². The number of rotatable bonds is 5. The summed E-state index contributed by atoms with van der Waals surface area (Å²) in [5.41, 5.74) is 0.147. The summed E-state index contributed by atoms with van der Waals surface area (Å²) in [5, 5.41) is 25.2. The number of ether oxygens (including phenoxy) is 1. The number of hydrogen-bond acceptors (Lipinski definition) is 8. The fraction of sp³-hybridized carbons (Fsp3) is 0.250. The Labute approximate surface area is 162 Å². The highest BCUT2D eigenvalue weighted by Gasteiger charge is 2.22. The van der Waals surface area contributed by atoms with E-state index in [1.165, 1.54) is 15.7 Å². The summed E-state index contributed by atoms with van der Waals surface area (Å²) >= 11 is 5.84. The molecule has 1 amide bonds. The van der Waals surface area contributed by atoms with Gasteiger partial charge in [0.05, 0.1) is 13.1 Å². The van der Waals surface area contributed by atoms with Crippen molar-refractivity contribution in [2.45, 2.75) is 19.2 Å². The second-order valence-electron chi connectivity index (χ2n) is 6.02. The molecule has 0 radical (unpaired) electrons. The van der Waals surface area contributed by atoms with Crippen LogP contribution in [-0.4, -0.2) is 47.4 Å². The fourth-order valence-electron chi connectivity index (χ4n) is 2.63. The highest BCUT2D eigenvalue weighted by molar-refractivity contribution is 6.30. The lowest BCUT2D eigenvalue weighted by Gasteiger charge is -2.16. The van der Waals surface area contributed by atoms with Crippen LogP contribution in [0.2, 0.25) is 5.02 Å². The van der Waals surface area contributed by atoms with Crippen LogP contribution in [0.1, 0.15) is 17.5 Å². The largest absolute Gasteiger partial charge is 0.466 e. The molecule has 1 aliphatic heterocycles. The van der Waals surface area contributed by atoms with E-state index in [2.05, 4.69) is 25.7 Å². The molecule has 0 bridgehead atoms. The summed E-state index contributed by atoms with van der Waals surface area (Å²) in [7, 11) is 0. The zero-order valence-electron chi connectivity index (χ0n) is 14.3. The van der Waals surface area contributed by atoms with Crippen molar-refractivity contribution in [1.29, 1.82) is 0 Å². The van der Waals surface area contributed by atoms with Crippen molar-refractivity contribution in [3.05, 3.63) is 57.4 Å². The third kappa shape index (κ3) is 3.70. The minimum atomic E-state index is -0.847. The minimum absolute atomic E-state index is 0.00791. The zero-order chi connectivity index (χ0) is 19.7. The second kappa shape index (κ2) is 7.37. The van der Waals surface area contributed by atoms with E-state index < -0.39 is 17.6 Å². The van der Waals surface area contributed by atoms with Crippen molar-refractivity contribution in [2.75, 3.05) is 11.9 Å². The molecule has 0 spiro atoms. The van der Waals surface area contributed by atoms with Gasteiger partial charge in [0, 0.05) is 5.02 Å². The summed E-state index contributed by atoms with van der Waals surface area (Å²) in [4.78, 5) is 29.1. The first-order valence-corrected chi connectivity index (χ1v) is 8.59. The van der Waals surface area contributed by atoms with Gasteiger partial charge in [-0.05, 0) is 22.9 Å². The second-order valence-corrected chi connectivity index (χ2v) is 6.46. The number of benzene rings is 1. The molecule has 4 rings (SSSR count). The number of aromatic nitrogens is 6. The van der Waals surface area contributed by atoms with Crippen LogP contribution in [0.15, 0.2) is 35.4 Å². The molecule has 3 heterocycles. The summed E-state index contributed by atoms with van der Waals surface area (Å²) in [6.45, 7) is -0.114. The molecular weight excluding hydrogens is 390 g/mol. The standard InChI is InChI=1S/C16H14ClN7O4/c17-10-3-1-9(2-4-10)11(25)5-24-21-12(20-22-24)6-23-8-18-15-14(16(23)27)19-13(26)7-28-15/h1-4,8,11,25H,5-7H2,(H,19,26)/t11-/m0/s1. The molecule has 1 aliphatic rings. The molecule has 28 heavy (non-hydrogen) atoms. The molecule has 1 atom stereocenters. The number of anilines is 1. The minimum Gasteiger partial charge on any atom is -0.466 e. The average molecular weight is 404 g/mol. The number of carbonyl (C=O) groups is 1. The van der Waals surface area contributed by atoms with Crippen LogP contribution in [0.3, 0.4) is 0 Å². The SMILES string of the molecule is O=C1COc2ncn(Cc3nnn(C[C@H](O)c4ccc(Cl)cc4)n3)c(=O)c2N1. The Morgan fingerprint density at radius 1 is 1.29 bits per heavy atom. The van der Waals surface area contributed by atoms with Crippen molar-refractivity contribution in [3.63, 3.8) is 0 Å². The van der Waals surface area contributed by atoms with E-state index in [1.54, 1.807) is 24.3 Å². The number of nitrogens with one attached hydrogen (secondary N) is 1. The Morgan fingerprint density at radius 2 is 2.07 bits per heavy atom. The number of halogens is 1. The van der Waals surface area contributed by atoms with Gasteiger partial charge in [-0.1, -0.05) is 23.7 Å². The van der Waals surface area contributed by atoms with Crippen LogP contribution in [0.4, 0.5) is 5.69 Å². The molecule has 0 saturated carbocycles. The van der Waals surface area contributed by atoms with Gasteiger partial charge in [-0.3, -0.25) is 14.2 Å². The molecule has 12 heteroatoms. The zero-order valence-corrected chi connectivity index (χ0v) is 15.1. The van der Waals surface area contributed by atoms with Crippen LogP contribution in [0.25, 0.3) is 0 Å². The third-order valence-corrected chi connectivity index (χ3v) is 4.26. The van der Waals surface area contributed by atoms with Gasteiger partial charge in [-0.15, -0.1) is 10.2 Å². The predicted octanol–water partition coefficient (Wildman–Crippen LogP) is -0.00400. The number of amides is 1. The van der Waals surface area contributed by atoms with Gasteiger partial charge < -0.3 is 15.2 Å². The van der Waals surface area contributed by atoms with Crippen molar-refractivity contribution in [1.82, 2.24) is 29.8 Å². The lowest BCUT2D eigenvalue weighted by molar-refractivity contribution is -0.118. The van der Waals surface area contributed by atoms with Crippen LogP contribution in [0, 0.1) is 0 Å². The molecule has 3 aromatic rings. The summed E-state index contributed by atoms with van der Waals surface area (Å²) < 4.78 is 6.33. The molecule has 11 nitrogen and oxygen atoms in total. The number of aliphatic hydroxyl groups excluding tert-OH is 1. The lowest BCUT2D eigenvalue weighted by atomic mass is 10.1. The van der Waals surface area contributed by atoms with Crippen molar-refractivity contribution < 1.29 is 14.6 Å². The van der Waals surface area contributed by atoms with E-state index in [9.17, 15) is 14.7 Å². The van der Waals surface area contributed by atoms with Gasteiger partial charge in [0.25, 0.3) is 11.5 Å². The molecular formula is C16H14ClN7O4. The number of aliphatic hydroxyl groups is 1. The van der Waals surface area contributed by atoms with E-state index in [1.807, 2.05) is 0 Å². The highest BCUT2D eigenvalue weighted by Crippen LogP contribution is 2.20. The number of fused-ring (bicyclic) bond motifs is 1. The number of hydrogen-bond donors (Lipinski definition) is 2. The van der Waals surface area contributed by atoms with Gasteiger partial charge in [0.15, 0.2) is 18.1 Å². The summed E-state index contributed by atoms with van der Waals surface area (Å²) in [6, 6.07) is 6.77. The highest BCUT2D eigenvalue weighted by atomic mass is 35.5. The molecule has 0 aliphatic carbocycles. The Hall–Kier alpha value is -3.31. The Kier molecular flexibility index (Phi) is 4.75. The molecule has 1 aromatic carbocycles. The van der Waals surface area contributed by atoms with Crippen LogP contribution >= 0.6 is 11.6 Å². The first-order valence-electron chi connectivity index (χ1n) is 8.22. The molecule has 0 unspecified atom stereocenters. The molecule has 144 valence electrons. The van der Waals surface area contributed by atoms with Gasteiger partial charge in [0.1, 0.15) is 12.4 Å². The average Bonchev–Trinajstić information content (AvgIpc) is 3.12. The Morgan fingerprint density at radius 3 is 2.86 bits per heavy atom. The monoisotopic (exact) mass is 403 g/mol. The van der Waals surface area contributed by atoms with Crippen molar-refractivity contribution >= 4 is 23.2 Å². The molecule has 2 aromatic heterocycles. The molecule has 0 saturated heterocycles. The summed E-state index contributed by atoms with van der Waals surface area (Å²) in [5.74, 6) is -0.108. The van der Waals surface area contributed by atoms with Crippen molar-refractivity contribution in [3.8, 4) is 5.88 Å². The third-order valence-electron chi connectivity index (χ3n) is 4.00. The maximum atomic E-state index is 12.5. The van der Waals surface area contributed by atoms with Gasteiger partial charge >= 0.3 is 0 Å². The normalized spacial score (nSPS) is 14.1. The summed E-state index contributed by atoms with van der Waals surface area (Å²) in [6.07, 6.45) is 0.432. The van der Waals surface area contributed by atoms with Gasteiger partial charge in [-0.25, -0.2) is 4.98 Å². The number of nitrogens with zero attached hydrogens (tertiary/aromatic N) is 6. The van der Waals surface area contributed by atoms with Gasteiger partial charge in [0.2, 0.25) is 5.88 Å². The first-order chi connectivity index (χ1) is 13.5. The first kappa shape index (κ1) is 18.1. The lowest BCUT2D eigenvalue weighted by Crippen LogP contribution is -2.34. The van der Waals surface area contributed by atoms with E-state index in [-0.39, 0.29) is 37.1 Å². The topological polar surface area (TPSA) is 137 Å². The smallest absolute Gasteiger partial charge is 0.281 e. The van der Waals surface area contributed by atoms with Crippen molar-refractivity contribution in [2.24, 2.45) is 0 Å². The van der Waals surface area contributed by atoms with E-state index in [0.29, 0.717) is 10.6 Å². The van der Waals surface area contributed by atoms with Crippen LogP contribution in [-0.2, 0) is 17.9 Å². The fourth-order valence-corrected chi connectivity index (χ4v) is 2.75. The van der Waals surface area contributed by atoms with E-state index >= 15 is 0 Å². The van der Waals surface area contributed by atoms with Crippen LogP contribution < -0.4 is 15.6 Å². The number of tetrazole rings is 1. The van der Waals surface area contributed by atoms with Gasteiger partial charge in [-0.2, -0.15) is 4.80 Å². The molecule has 0 fully saturated rings. The maximum Gasteiger partial charge on any atom is 0.281 e. The predicted molar refractivity (Wildman–Crippen MR) is 96.0 cm³/mol. The molecule has 2 N–H and O–H groups in total. The van der Waals surface area contributed by atoms with E-state index in [0.717, 1.165) is 0 Å². The maximum absolute atomic E-state index is 12.5. The Balaban J connectivity index is 1.48.